The second kappa shape index (κ2) is 10.7. The van der Waals surface area contributed by atoms with Crippen LogP contribution >= 0.6 is 11.3 Å². The number of sulfonamides is 1. The second-order valence-electron chi connectivity index (χ2n) is 7.49. The summed E-state index contributed by atoms with van der Waals surface area (Å²) >= 11 is 0.672. The zero-order chi connectivity index (χ0) is 23.3. The van der Waals surface area contributed by atoms with Gasteiger partial charge in [0.05, 0.1) is 24.3 Å². The van der Waals surface area contributed by atoms with Crippen LogP contribution in [0.3, 0.4) is 0 Å². The zero-order valence-corrected chi connectivity index (χ0v) is 19.2. The van der Waals surface area contributed by atoms with Crippen LogP contribution in [0.4, 0.5) is 9.52 Å². The SMILES string of the molecule is O=C(Nc1ncc(F)s1)C(=NO[C@@H]1CCOC1)c1ccc(S(=O)(=O)NC2CCOCC2)cc1. The molecule has 0 saturated carbocycles. The number of rotatable bonds is 8. The number of nitrogens with one attached hydrogen (secondary N) is 2. The Balaban J connectivity index is 1.52. The van der Waals surface area contributed by atoms with E-state index in [4.69, 9.17) is 14.3 Å². The lowest BCUT2D eigenvalue weighted by Crippen LogP contribution is -2.38. The van der Waals surface area contributed by atoms with E-state index in [1.54, 1.807) is 0 Å². The fourth-order valence-electron chi connectivity index (χ4n) is 3.31. The van der Waals surface area contributed by atoms with Crippen LogP contribution in [0.15, 0.2) is 40.5 Å². The predicted molar refractivity (Wildman–Crippen MR) is 118 cm³/mol. The first-order chi connectivity index (χ1) is 15.9. The number of anilines is 1. The standard InChI is InChI=1S/C20H23FN4O6S2/c21-17-11-22-20(32-17)23-19(26)18(24-31-15-7-10-30-12-15)13-1-3-16(4-2-13)33(27,28)25-14-5-8-29-9-6-14/h1-4,11,14-15,25H,5-10,12H2,(H,22,23,26)/t15-/m1/s1. The Hall–Kier alpha value is -2.45. The Morgan fingerprint density at radius 2 is 1.88 bits per heavy atom. The summed E-state index contributed by atoms with van der Waals surface area (Å²) < 4.78 is 51.9. The summed E-state index contributed by atoms with van der Waals surface area (Å²) in [4.78, 5) is 22.1. The molecule has 13 heteroatoms. The van der Waals surface area contributed by atoms with Crippen molar-refractivity contribution in [2.24, 2.45) is 5.16 Å². The number of hydrogen-bond donors (Lipinski definition) is 2. The van der Waals surface area contributed by atoms with Gasteiger partial charge in [0.1, 0.15) is 0 Å². The number of oxime groups is 1. The fraction of sp³-hybridized carbons (Fsp3) is 0.450. The van der Waals surface area contributed by atoms with Crippen molar-refractivity contribution in [1.82, 2.24) is 9.71 Å². The van der Waals surface area contributed by atoms with E-state index in [-0.39, 0.29) is 27.9 Å². The van der Waals surface area contributed by atoms with Crippen LogP contribution in [-0.2, 0) is 29.1 Å². The Kier molecular flexibility index (Phi) is 7.65. The smallest absolute Gasteiger partial charge is 0.280 e. The van der Waals surface area contributed by atoms with Gasteiger partial charge < -0.3 is 14.3 Å². The van der Waals surface area contributed by atoms with E-state index < -0.39 is 21.1 Å². The van der Waals surface area contributed by atoms with E-state index in [0.29, 0.717) is 62.6 Å². The van der Waals surface area contributed by atoms with Gasteiger partial charge in [-0.05, 0) is 25.0 Å². The van der Waals surface area contributed by atoms with Crippen LogP contribution in [0.1, 0.15) is 24.8 Å². The minimum Gasteiger partial charge on any atom is -0.389 e. The Morgan fingerprint density at radius 1 is 1.15 bits per heavy atom. The van der Waals surface area contributed by atoms with Gasteiger partial charge in [0, 0.05) is 31.2 Å². The van der Waals surface area contributed by atoms with E-state index >= 15 is 0 Å². The number of carbonyl (C=O) groups is 1. The molecule has 1 amide bonds. The number of halogens is 1. The minimum absolute atomic E-state index is 0.0598. The molecule has 0 bridgehead atoms. The van der Waals surface area contributed by atoms with Crippen molar-refractivity contribution < 1.29 is 31.9 Å². The van der Waals surface area contributed by atoms with Crippen molar-refractivity contribution in [2.45, 2.75) is 36.3 Å². The van der Waals surface area contributed by atoms with Gasteiger partial charge in [-0.3, -0.25) is 10.1 Å². The zero-order valence-electron chi connectivity index (χ0n) is 17.5. The largest absolute Gasteiger partial charge is 0.389 e. The molecule has 2 fully saturated rings. The van der Waals surface area contributed by atoms with Crippen LogP contribution < -0.4 is 10.0 Å². The van der Waals surface area contributed by atoms with E-state index in [2.05, 4.69) is 20.2 Å². The van der Waals surface area contributed by atoms with Gasteiger partial charge in [0.2, 0.25) is 10.0 Å². The summed E-state index contributed by atoms with van der Waals surface area (Å²) in [6, 6.07) is 5.53. The van der Waals surface area contributed by atoms with Gasteiger partial charge >= 0.3 is 0 Å². The first-order valence-electron chi connectivity index (χ1n) is 10.4. The molecule has 2 aliphatic rings. The minimum atomic E-state index is -3.74. The van der Waals surface area contributed by atoms with Gasteiger partial charge in [0.15, 0.2) is 22.1 Å². The first-order valence-corrected chi connectivity index (χ1v) is 12.7. The molecule has 0 radical (unpaired) electrons. The van der Waals surface area contributed by atoms with Gasteiger partial charge in [-0.25, -0.2) is 18.1 Å². The van der Waals surface area contributed by atoms with E-state index in [9.17, 15) is 17.6 Å². The summed E-state index contributed by atoms with van der Waals surface area (Å²) in [6.07, 6.45) is 2.54. The summed E-state index contributed by atoms with van der Waals surface area (Å²) in [5.74, 6) is -0.667. The average Bonchev–Trinajstić information content (AvgIpc) is 3.46. The first kappa shape index (κ1) is 23.7. The summed E-state index contributed by atoms with van der Waals surface area (Å²) in [7, 11) is -3.74. The number of nitrogens with zero attached hydrogens (tertiary/aromatic N) is 2. The number of carbonyl (C=O) groups excluding carboxylic acids is 1. The molecule has 0 unspecified atom stereocenters. The summed E-state index contributed by atoms with van der Waals surface area (Å²) in [5, 5.41) is 5.99. The number of ether oxygens (including phenoxy) is 2. The van der Waals surface area contributed by atoms with E-state index in [0.717, 1.165) is 6.20 Å². The molecular formula is C20H23FN4O6S2. The summed E-state index contributed by atoms with van der Waals surface area (Å²) in [5.41, 5.74) is 0.229. The van der Waals surface area contributed by atoms with Crippen molar-refractivity contribution in [1.29, 1.82) is 0 Å². The van der Waals surface area contributed by atoms with Crippen LogP contribution in [0, 0.1) is 5.13 Å². The highest BCUT2D eigenvalue weighted by molar-refractivity contribution is 7.89. The third-order valence-corrected chi connectivity index (χ3v) is 7.31. The molecule has 0 spiro atoms. The van der Waals surface area contributed by atoms with Crippen molar-refractivity contribution in [2.75, 3.05) is 31.7 Å². The molecule has 2 N–H and O–H groups in total. The molecule has 10 nitrogen and oxygen atoms in total. The van der Waals surface area contributed by atoms with Crippen LogP contribution in [0.5, 0.6) is 0 Å². The molecule has 2 saturated heterocycles. The normalized spacial score (nSPS) is 20.0. The molecule has 0 aliphatic carbocycles. The molecular weight excluding hydrogens is 475 g/mol. The molecule has 1 aromatic heterocycles. The molecule has 1 atom stereocenters. The molecule has 178 valence electrons. The molecule has 2 aromatic rings. The van der Waals surface area contributed by atoms with Crippen molar-refractivity contribution in [3.05, 3.63) is 41.2 Å². The van der Waals surface area contributed by atoms with Crippen molar-refractivity contribution in [3.63, 3.8) is 0 Å². The lowest BCUT2D eigenvalue weighted by Gasteiger charge is -2.23. The summed E-state index contributed by atoms with van der Waals surface area (Å²) in [6.45, 7) is 1.91. The number of hydrogen-bond acceptors (Lipinski definition) is 9. The Labute approximate surface area is 194 Å². The van der Waals surface area contributed by atoms with Crippen molar-refractivity contribution >= 4 is 38.1 Å². The number of benzene rings is 1. The number of amides is 1. The average molecular weight is 499 g/mol. The highest BCUT2D eigenvalue weighted by atomic mass is 32.2. The second-order valence-corrected chi connectivity index (χ2v) is 10.2. The third-order valence-electron chi connectivity index (χ3n) is 5.08. The number of aromatic nitrogens is 1. The van der Waals surface area contributed by atoms with Crippen LogP contribution in [0.25, 0.3) is 0 Å². The lowest BCUT2D eigenvalue weighted by molar-refractivity contribution is -0.110. The molecule has 1 aromatic carbocycles. The quantitative estimate of drug-likeness (QED) is 0.420. The van der Waals surface area contributed by atoms with Crippen LogP contribution in [-0.4, -0.2) is 63.6 Å². The topological polar surface area (TPSA) is 128 Å². The molecule has 3 heterocycles. The number of thiazole rings is 1. The van der Waals surface area contributed by atoms with E-state index in [1.807, 2.05) is 0 Å². The highest BCUT2D eigenvalue weighted by Gasteiger charge is 2.24. The maximum Gasteiger partial charge on any atom is 0.280 e. The molecule has 4 rings (SSSR count). The lowest BCUT2D eigenvalue weighted by atomic mass is 10.1. The van der Waals surface area contributed by atoms with Gasteiger partial charge in [-0.1, -0.05) is 28.6 Å². The van der Waals surface area contributed by atoms with Gasteiger partial charge in [-0.15, -0.1) is 0 Å². The Morgan fingerprint density at radius 3 is 2.52 bits per heavy atom. The maximum atomic E-state index is 13.2. The van der Waals surface area contributed by atoms with Gasteiger partial charge in [0.25, 0.3) is 5.91 Å². The highest BCUT2D eigenvalue weighted by Crippen LogP contribution is 2.19. The maximum absolute atomic E-state index is 13.2. The predicted octanol–water partition coefficient (Wildman–Crippen LogP) is 1.89. The third kappa shape index (κ3) is 6.32. The van der Waals surface area contributed by atoms with Crippen molar-refractivity contribution in [3.8, 4) is 0 Å². The fourth-order valence-corrected chi connectivity index (χ4v) is 5.16. The van der Waals surface area contributed by atoms with Crippen LogP contribution in [0.2, 0.25) is 0 Å². The monoisotopic (exact) mass is 498 g/mol. The molecule has 33 heavy (non-hydrogen) atoms. The van der Waals surface area contributed by atoms with Gasteiger partial charge in [-0.2, -0.15) is 4.39 Å². The van der Waals surface area contributed by atoms with E-state index in [1.165, 1.54) is 24.3 Å². The Bertz CT molecular complexity index is 1090. The molecule has 2 aliphatic heterocycles.